The van der Waals surface area contributed by atoms with E-state index in [-0.39, 0.29) is 18.8 Å². The molecule has 5 heteroatoms. The standard InChI is InChI=1S/C20H25NO4/c1-6-12-21-17-9-8-15(24-5)13-16(17)18(22)20(21,11-10-14(3)4)19(23)25-7-2/h6,8-10,13H,1,7,11-12H2,2-5H3. The molecule has 1 aromatic carbocycles. The quantitative estimate of drug-likeness (QED) is 0.430. The summed E-state index contributed by atoms with van der Waals surface area (Å²) in [4.78, 5) is 28.0. The lowest BCUT2D eigenvalue weighted by atomic mass is 9.88. The van der Waals surface area contributed by atoms with Gasteiger partial charge in [0, 0.05) is 24.2 Å². The molecule has 0 amide bonds. The summed E-state index contributed by atoms with van der Waals surface area (Å²) in [5, 5.41) is 0. The van der Waals surface area contributed by atoms with Gasteiger partial charge in [-0.1, -0.05) is 17.7 Å². The predicted molar refractivity (Wildman–Crippen MR) is 98.3 cm³/mol. The molecule has 0 N–H and O–H groups in total. The van der Waals surface area contributed by atoms with Crippen LogP contribution in [0.5, 0.6) is 5.75 Å². The number of allylic oxidation sites excluding steroid dienone is 1. The molecule has 0 saturated carbocycles. The third kappa shape index (κ3) is 3.18. The van der Waals surface area contributed by atoms with Crippen LogP contribution < -0.4 is 9.64 Å². The Morgan fingerprint density at radius 2 is 2.08 bits per heavy atom. The molecular weight excluding hydrogens is 318 g/mol. The third-order valence-electron chi connectivity index (χ3n) is 4.31. The van der Waals surface area contributed by atoms with Crippen LogP contribution in [0.4, 0.5) is 5.69 Å². The van der Waals surface area contributed by atoms with E-state index in [4.69, 9.17) is 9.47 Å². The van der Waals surface area contributed by atoms with E-state index in [2.05, 4.69) is 6.58 Å². The molecule has 0 aromatic heterocycles. The van der Waals surface area contributed by atoms with Crippen LogP contribution in [0.1, 0.15) is 37.6 Å². The van der Waals surface area contributed by atoms with Crippen molar-refractivity contribution in [3.8, 4) is 5.75 Å². The number of ketones is 1. The van der Waals surface area contributed by atoms with Gasteiger partial charge < -0.3 is 14.4 Å². The van der Waals surface area contributed by atoms with Crippen LogP contribution in [0.15, 0.2) is 42.5 Å². The minimum absolute atomic E-state index is 0.213. The number of hydrogen-bond donors (Lipinski definition) is 0. The van der Waals surface area contributed by atoms with Crippen molar-refractivity contribution in [2.75, 3.05) is 25.2 Å². The van der Waals surface area contributed by atoms with Crippen molar-refractivity contribution in [2.24, 2.45) is 0 Å². The van der Waals surface area contributed by atoms with Crippen molar-refractivity contribution >= 4 is 17.4 Å². The highest BCUT2D eigenvalue weighted by Crippen LogP contribution is 2.43. The number of carbonyl (C=O) groups excluding carboxylic acids is 2. The van der Waals surface area contributed by atoms with Crippen molar-refractivity contribution in [3.63, 3.8) is 0 Å². The van der Waals surface area contributed by atoms with Gasteiger partial charge in [0.15, 0.2) is 0 Å². The molecule has 0 radical (unpaired) electrons. The fourth-order valence-electron chi connectivity index (χ4n) is 3.09. The van der Waals surface area contributed by atoms with E-state index in [1.807, 2.05) is 19.9 Å². The normalized spacial score (nSPS) is 18.6. The summed E-state index contributed by atoms with van der Waals surface area (Å²) >= 11 is 0. The Balaban J connectivity index is 2.66. The molecule has 1 atom stereocenters. The molecule has 2 rings (SSSR count). The van der Waals surface area contributed by atoms with Gasteiger partial charge in [0.2, 0.25) is 11.3 Å². The molecule has 1 aliphatic heterocycles. The summed E-state index contributed by atoms with van der Waals surface area (Å²) in [6, 6.07) is 5.26. The van der Waals surface area contributed by atoms with Gasteiger partial charge in [-0.15, -0.1) is 6.58 Å². The molecule has 1 aromatic rings. The first-order valence-corrected chi connectivity index (χ1v) is 8.34. The number of hydrogen-bond acceptors (Lipinski definition) is 5. The van der Waals surface area contributed by atoms with E-state index in [0.717, 1.165) is 5.57 Å². The largest absolute Gasteiger partial charge is 0.497 e. The number of esters is 1. The number of benzene rings is 1. The SMILES string of the molecule is C=CCN1c2ccc(OC)cc2C(=O)C1(CC=C(C)C)C(=O)OCC. The first-order valence-electron chi connectivity index (χ1n) is 8.34. The molecule has 0 spiro atoms. The van der Waals surface area contributed by atoms with Gasteiger partial charge in [-0.2, -0.15) is 0 Å². The molecule has 25 heavy (non-hydrogen) atoms. The predicted octanol–water partition coefficient (Wildman–Crippen LogP) is 3.54. The minimum atomic E-state index is -1.41. The van der Waals surface area contributed by atoms with Crippen molar-refractivity contribution < 1.29 is 19.1 Å². The van der Waals surface area contributed by atoms with Crippen LogP contribution in [0, 0.1) is 0 Å². The van der Waals surface area contributed by atoms with Gasteiger partial charge in [0.05, 0.1) is 13.7 Å². The second kappa shape index (κ2) is 7.55. The Bertz CT molecular complexity index is 718. The second-order valence-corrected chi connectivity index (χ2v) is 6.18. The molecule has 1 heterocycles. The Morgan fingerprint density at radius 1 is 1.36 bits per heavy atom. The summed E-state index contributed by atoms with van der Waals surface area (Å²) in [7, 11) is 1.55. The first kappa shape index (κ1) is 18.8. The highest BCUT2D eigenvalue weighted by atomic mass is 16.5. The van der Waals surface area contributed by atoms with Crippen LogP contribution in [-0.4, -0.2) is 37.6 Å². The average Bonchev–Trinajstić information content (AvgIpc) is 2.83. The Kier molecular flexibility index (Phi) is 5.67. The molecule has 0 bridgehead atoms. The van der Waals surface area contributed by atoms with E-state index in [1.165, 1.54) is 0 Å². The molecule has 5 nitrogen and oxygen atoms in total. The summed E-state index contributed by atoms with van der Waals surface area (Å²) in [5.74, 6) is -0.221. The summed E-state index contributed by atoms with van der Waals surface area (Å²) in [6.45, 7) is 9.96. The molecule has 0 fully saturated rings. The number of nitrogens with zero attached hydrogens (tertiary/aromatic N) is 1. The van der Waals surface area contributed by atoms with E-state index in [0.29, 0.717) is 23.5 Å². The Hall–Kier alpha value is -2.56. The van der Waals surface area contributed by atoms with Crippen molar-refractivity contribution in [1.82, 2.24) is 0 Å². The van der Waals surface area contributed by atoms with Crippen molar-refractivity contribution in [2.45, 2.75) is 32.7 Å². The number of Topliss-reactive ketones (excluding diaryl/α,β-unsaturated/α-hetero) is 1. The molecule has 0 saturated heterocycles. The van der Waals surface area contributed by atoms with E-state index in [1.54, 1.807) is 43.2 Å². The van der Waals surface area contributed by atoms with Crippen LogP contribution in [0.3, 0.4) is 0 Å². The second-order valence-electron chi connectivity index (χ2n) is 6.18. The lowest BCUT2D eigenvalue weighted by molar-refractivity contribution is -0.147. The van der Waals surface area contributed by atoms with Crippen LogP contribution in [-0.2, 0) is 9.53 Å². The molecular formula is C20H25NO4. The van der Waals surface area contributed by atoms with E-state index < -0.39 is 11.5 Å². The Labute approximate surface area is 148 Å². The maximum absolute atomic E-state index is 13.3. The van der Waals surface area contributed by atoms with Gasteiger partial charge in [-0.25, -0.2) is 4.79 Å². The maximum Gasteiger partial charge on any atom is 0.340 e. The summed E-state index contributed by atoms with van der Waals surface area (Å²) < 4.78 is 10.5. The van der Waals surface area contributed by atoms with Crippen LogP contribution in [0.25, 0.3) is 0 Å². The fraction of sp³-hybridized carbons (Fsp3) is 0.400. The van der Waals surface area contributed by atoms with Gasteiger partial charge in [-0.3, -0.25) is 4.79 Å². The van der Waals surface area contributed by atoms with E-state index in [9.17, 15) is 9.59 Å². The molecule has 0 aliphatic carbocycles. The smallest absolute Gasteiger partial charge is 0.340 e. The number of carbonyl (C=O) groups is 2. The van der Waals surface area contributed by atoms with Gasteiger partial charge in [0.25, 0.3) is 0 Å². The Morgan fingerprint density at radius 3 is 2.64 bits per heavy atom. The fourth-order valence-corrected chi connectivity index (χ4v) is 3.09. The van der Waals surface area contributed by atoms with Crippen LogP contribution in [0.2, 0.25) is 0 Å². The minimum Gasteiger partial charge on any atom is -0.497 e. The van der Waals surface area contributed by atoms with Gasteiger partial charge >= 0.3 is 5.97 Å². The van der Waals surface area contributed by atoms with Gasteiger partial charge in [0.1, 0.15) is 5.75 Å². The third-order valence-corrected chi connectivity index (χ3v) is 4.31. The first-order chi connectivity index (χ1) is 11.9. The van der Waals surface area contributed by atoms with Crippen molar-refractivity contribution in [3.05, 3.63) is 48.1 Å². The topological polar surface area (TPSA) is 55.8 Å². The monoisotopic (exact) mass is 343 g/mol. The number of anilines is 1. The summed E-state index contributed by atoms with van der Waals surface area (Å²) in [6.07, 6.45) is 3.83. The highest BCUT2D eigenvalue weighted by Gasteiger charge is 2.57. The van der Waals surface area contributed by atoms with Crippen LogP contribution >= 0.6 is 0 Å². The average molecular weight is 343 g/mol. The molecule has 134 valence electrons. The maximum atomic E-state index is 13.3. The molecule has 1 aliphatic rings. The number of rotatable bonds is 7. The zero-order valence-electron chi connectivity index (χ0n) is 15.3. The number of methoxy groups -OCH3 is 1. The molecule has 1 unspecified atom stereocenters. The lowest BCUT2D eigenvalue weighted by Crippen LogP contribution is -2.57. The zero-order valence-corrected chi connectivity index (χ0v) is 15.3. The summed E-state index contributed by atoms with van der Waals surface area (Å²) in [5.41, 5.74) is 0.789. The number of ether oxygens (including phenoxy) is 2. The van der Waals surface area contributed by atoms with Gasteiger partial charge in [-0.05, 0) is 39.0 Å². The van der Waals surface area contributed by atoms with Crippen molar-refractivity contribution in [1.29, 1.82) is 0 Å². The lowest BCUT2D eigenvalue weighted by Gasteiger charge is -2.35. The zero-order chi connectivity index (χ0) is 18.6. The number of fused-ring (bicyclic) bond motifs is 1. The highest BCUT2D eigenvalue weighted by molar-refractivity contribution is 6.25. The van der Waals surface area contributed by atoms with E-state index >= 15 is 0 Å².